The second-order valence-electron chi connectivity index (χ2n) is 3.29. The molecule has 3 nitrogen and oxygen atoms in total. The van der Waals surface area contributed by atoms with E-state index in [1.54, 1.807) is 12.4 Å². The predicted octanol–water partition coefficient (Wildman–Crippen LogP) is 1.47. The lowest BCUT2D eigenvalue weighted by Crippen LogP contribution is -2.30. The molecular weight excluding hydrogens is 162 g/mol. The van der Waals surface area contributed by atoms with Crippen LogP contribution in [-0.2, 0) is 0 Å². The zero-order chi connectivity index (χ0) is 9.10. The van der Waals surface area contributed by atoms with Gasteiger partial charge in [-0.15, -0.1) is 0 Å². The summed E-state index contributed by atoms with van der Waals surface area (Å²) < 4.78 is 0. The monoisotopic (exact) mass is 176 g/mol. The van der Waals surface area contributed by atoms with E-state index in [1.165, 1.54) is 0 Å². The van der Waals surface area contributed by atoms with Gasteiger partial charge < -0.3 is 10.6 Å². The van der Waals surface area contributed by atoms with Gasteiger partial charge in [-0.1, -0.05) is 0 Å². The third-order valence-corrected chi connectivity index (χ3v) is 2.37. The van der Waals surface area contributed by atoms with Gasteiger partial charge in [0.05, 0.1) is 17.6 Å². The van der Waals surface area contributed by atoms with Crippen LogP contribution in [0.5, 0.6) is 0 Å². The van der Waals surface area contributed by atoms with Crippen molar-refractivity contribution < 1.29 is 0 Å². The quantitative estimate of drug-likeness (QED) is 0.704. The van der Waals surface area contributed by atoms with Crippen molar-refractivity contribution >= 4 is 11.4 Å². The lowest BCUT2D eigenvalue weighted by molar-refractivity contribution is 0.679. The van der Waals surface area contributed by atoms with Crippen LogP contribution < -0.4 is 10.6 Å². The average molecular weight is 176 g/mol. The molecule has 0 atom stereocenters. The third kappa shape index (κ3) is 1.74. The molecule has 0 bridgehead atoms. The number of nitrogens with zero attached hydrogens (tertiary/aromatic N) is 2. The minimum Gasteiger partial charge on any atom is -0.396 e. The van der Waals surface area contributed by atoms with E-state index >= 15 is 0 Å². The summed E-state index contributed by atoms with van der Waals surface area (Å²) in [6.45, 7) is 2.16. The van der Waals surface area contributed by atoms with Crippen molar-refractivity contribution in [3.05, 3.63) is 24.9 Å². The van der Waals surface area contributed by atoms with Crippen LogP contribution in [0.2, 0.25) is 0 Å². The van der Waals surface area contributed by atoms with Gasteiger partial charge >= 0.3 is 0 Å². The molecule has 1 fully saturated rings. The fourth-order valence-corrected chi connectivity index (χ4v) is 1.68. The Morgan fingerprint density at radius 3 is 2.77 bits per heavy atom. The first kappa shape index (κ1) is 8.35. The number of piperidine rings is 1. The van der Waals surface area contributed by atoms with Crippen LogP contribution in [0.1, 0.15) is 12.8 Å². The van der Waals surface area contributed by atoms with Crippen LogP contribution in [0, 0.1) is 6.42 Å². The molecule has 0 spiro atoms. The fourth-order valence-electron chi connectivity index (χ4n) is 1.68. The zero-order valence-electron chi connectivity index (χ0n) is 7.61. The average Bonchev–Trinajstić information content (AvgIpc) is 2.20. The Hall–Kier alpha value is -1.25. The molecule has 3 heteroatoms. The van der Waals surface area contributed by atoms with Gasteiger partial charge in [0, 0.05) is 19.3 Å². The van der Waals surface area contributed by atoms with E-state index in [4.69, 9.17) is 5.73 Å². The highest BCUT2D eigenvalue weighted by Crippen LogP contribution is 2.24. The molecule has 2 rings (SSSR count). The Kier molecular flexibility index (Phi) is 2.34. The van der Waals surface area contributed by atoms with E-state index < -0.39 is 0 Å². The van der Waals surface area contributed by atoms with Crippen LogP contribution in [0.25, 0.3) is 0 Å². The molecule has 1 aromatic rings. The van der Waals surface area contributed by atoms with Gasteiger partial charge in [-0.05, 0) is 25.3 Å². The molecule has 1 saturated heterocycles. The van der Waals surface area contributed by atoms with Crippen LogP contribution in [0.4, 0.5) is 11.4 Å². The number of pyridine rings is 1. The summed E-state index contributed by atoms with van der Waals surface area (Å²) in [6, 6.07) is 1.99. The van der Waals surface area contributed by atoms with Crippen molar-refractivity contribution in [1.82, 2.24) is 4.98 Å². The molecule has 1 aliphatic rings. The third-order valence-electron chi connectivity index (χ3n) is 2.37. The summed E-state index contributed by atoms with van der Waals surface area (Å²) in [7, 11) is 0. The smallest absolute Gasteiger partial charge is 0.0738 e. The van der Waals surface area contributed by atoms with E-state index in [1.807, 2.05) is 6.07 Å². The van der Waals surface area contributed by atoms with Gasteiger partial charge in [0.2, 0.25) is 0 Å². The highest BCUT2D eigenvalue weighted by molar-refractivity contribution is 5.66. The lowest BCUT2D eigenvalue weighted by Gasteiger charge is -2.29. The Bertz CT molecular complexity index is 279. The van der Waals surface area contributed by atoms with E-state index in [0.29, 0.717) is 0 Å². The van der Waals surface area contributed by atoms with E-state index in [0.717, 1.165) is 37.3 Å². The normalized spacial score (nSPS) is 17.4. The van der Waals surface area contributed by atoms with Crippen molar-refractivity contribution in [3.63, 3.8) is 0 Å². The maximum Gasteiger partial charge on any atom is 0.0738 e. The SMILES string of the molecule is Nc1cnccc1N1CC[CH]CC1. The van der Waals surface area contributed by atoms with E-state index in [-0.39, 0.29) is 0 Å². The van der Waals surface area contributed by atoms with E-state index in [2.05, 4.69) is 16.3 Å². The summed E-state index contributed by atoms with van der Waals surface area (Å²) in [4.78, 5) is 6.30. The number of hydrogen-bond donors (Lipinski definition) is 1. The number of anilines is 2. The van der Waals surface area contributed by atoms with Gasteiger partial charge in [0.1, 0.15) is 0 Å². The summed E-state index contributed by atoms with van der Waals surface area (Å²) in [6.07, 6.45) is 8.15. The van der Waals surface area contributed by atoms with Crippen LogP contribution >= 0.6 is 0 Å². The molecule has 0 aromatic carbocycles. The Labute approximate surface area is 78.6 Å². The minimum absolute atomic E-state index is 0.782. The van der Waals surface area contributed by atoms with Crippen molar-refractivity contribution in [1.29, 1.82) is 0 Å². The molecule has 69 valence electrons. The number of rotatable bonds is 1. The van der Waals surface area contributed by atoms with Gasteiger partial charge in [-0.3, -0.25) is 4.98 Å². The summed E-state index contributed by atoms with van der Waals surface area (Å²) in [5, 5.41) is 0. The number of nitrogens with two attached hydrogens (primary N) is 1. The molecule has 2 N–H and O–H groups in total. The summed E-state index contributed by atoms with van der Waals surface area (Å²) >= 11 is 0. The number of nitrogen functional groups attached to an aromatic ring is 1. The Balaban J connectivity index is 2.18. The molecule has 1 aromatic heterocycles. The molecule has 13 heavy (non-hydrogen) atoms. The first-order valence-electron chi connectivity index (χ1n) is 4.64. The molecule has 1 aliphatic heterocycles. The maximum absolute atomic E-state index is 5.84. The first-order valence-corrected chi connectivity index (χ1v) is 4.64. The highest BCUT2D eigenvalue weighted by Gasteiger charge is 2.12. The summed E-state index contributed by atoms with van der Waals surface area (Å²) in [5.74, 6) is 0. The second kappa shape index (κ2) is 3.64. The van der Waals surface area contributed by atoms with Gasteiger partial charge in [0.15, 0.2) is 0 Å². The van der Waals surface area contributed by atoms with Crippen molar-refractivity contribution in [2.24, 2.45) is 0 Å². The zero-order valence-corrected chi connectivity index (χ0v) is 7.61. The topological polar surface area (TPSA) is 42.1 Å². The molecule has 0 aliphatic carbocycles. The second-order valence-corrected chi connectivity index (χ2v) is 3.29. The van der Waals surface area contributed by atoms with Crippen molar-refractivity contribution in [3.8, 4) is 0 Å². The standard InChI is InChI=1S/C10H14N3/c11-9-8-12-5-4-10(9)13-6-2-1-3-7-13/h1,4-5,8H,2-3,6-7,11H2. The maximum atomic E-state index is 5.84. The van der Waals surface area contributed by atoms with Crippen molar-refractivity contribution in [2.75, 3.05) is 23.7 Å². The molecule has 0 amide bonds. The lowest BCUT2D eigenvalue weighted by atomic mass is 10.1. The van der Waals surface area contributed by atoms with Gasteiger partial charge in [-0.2, -0.15) is 0 Å². The van der Waals surface area contributed by atoms with Crippen molar-refractivity contribution in [2.45, 2.75) is 12.8 Å². The Morgan fingerprint density at radius 2 is 2.08 bits per heavy atom. The molecule has 0 saturated carbocycles. The van der Waals surface area contributed by atoms with Crippen LogP contribution in [0.3, 0.4) is 0 Å². The summed E-state index contributed by atoms with van der Waals surface area (Å²) in [5.41, 5.74) is 7.75. The van der Waals surface area contributed by atoms with Gasteiger partial charge in [-0.25, -0.2) is 0 Å². The predicted molar refractivity (Wildman–Crippen MR) is 54.4 cm³/mol. The number of hydrogen-bond acceptors (Lipinski definition) is 3. The van der Waals surface area contributed by atoms with Crippen LogP contribution in [-0.4, -0.2) is 18.1 Å². The Morgan fingerprint density at radius 1 is 1.31 bits per heavy atom. The number of aromatic nitrogens is 1. The first-order chi connectivity index (χ1) is 6.38. The molecule has 1 radical (unpaired) electrons. The largest absolute Gasteiger partial charge is 0.396 e. The fraction of sp³-hybridized carbons (Fsp3) is 0.400. The molecule has 2 heterocycles. The van der Waals surface area contributed by atoms with E-state index in [9.17, 15) is 0 Å². The van der Waals surface area contributed by atoms with Crippen LogP contribution in [0.15, 0.2) is 18.5 Å². The minimum atomic E-state index is 0.782. The van der Waals surface area contributed by atoms with Gasteiger partial charge in [0.25, 0.3) is 0 Å². The molecular formula is C10H14N3. The highest BCUT2D eigenvalue weighted by atomic mass is 15.1. The molecule has 0 unspecified atom stereocenters.